The van der Waals surface area contributed by atoms with Gasteiger partial charge in [-0.3, -0.25) is 0 Å². The van der Waals surface area contributed by atoms with Crippen LogP contribution in [0.5, 0.6) is 5.75 Å². The van der Waals surface area contributed by atoms with Crippen molar-refractivity contribution in [1.82, 2.24) is 5.32 Å². The lowest BCUT2D eigenvalue weighted by Crippen LogP contribution is -2.10. The fourth-order valence-corrected chi connectivity index (χ4v) is 2.72. The first-order valence-electron chi connectivity index (χ1n) is 7.01. The molecule has 122 valence electrons. The van der Waals surface area contributed by atoms with Crippen molar-refractivity contribution in [2.24, 2.45) is 0 Å². The van der Waals surface area contributed by atoms with Crippen LogP contribution >= 0.6 is 11.8 Å². The summed E-state index contributed by atoms with van der Waals surface area (Å²) in [4.78, 5) is 11.3. The van der Waals surface area contributed by atoms with E-state index in [1.165, 1.54) is 17.8 Å². The highest BCUT2D eigenvalue weighted by Gasteiger charge is 2.12. The van der Waals surface area contributed by atoms with Crippen LogP contribution in [0.1, 0.15) is 5.56 Å². The van der Waals surface area contributed by atoms with Crippen molar-refractivity contribution in [1.29, 1.82) is 0 Å². The molecule has 0 aliphatic rings. The van der Waals surface area contributed by atoms with Crippen LogP contribution in [0.2, 0.25) is 0 Å². The Morgan fingerprint density at radius 2 is 2.09 bits per heavy atom. The third kappa shape index (κ3) is 4.46. The van der Waals surface area contributed by atoms with Gasteiger partial charge in [-0.15, -0.1) is 11.8 Å². The maximum absolute atomic E-state index is 13.7. The first-order chi connectivity index (χ1) is 11.0. The molecule has 0 heterocycles. The molecule has 0 bridgehead atoms. The van der Waals surface area contributed by atoms with Gasteiger partial charge in [0, 0.05) is 17.0 Å². The Morgan fingerprint density at radius 3 is 2.74 bits per heavy atom. The SMILES string of the molecule is CNCc1ccc(OCC(=O)O)c(-c2ccc(F)c(SC)c2)c1. The summed E-state index contributed by atoms with van der Waals surface area (Å²) in [5.41, 5.74) is 2.56. The van der Waals surface area contributed by atoms with Crippen molar-refractivity contribution in [2.45, 2.75) is 11.4 Å². The largest absolute Gasteiger partial charge is 0.481 e. The average Bonchev–Trinajstić information content (AvgIpc) is 2.54. The molecule has 2 aromatic carbocycles. The van der Waals surface area contributed by atoms with Gasteiger partial charge >= 0.3 is 5.97 Å². The van der Waals surface area contributed by atoms with Crippen LogP contribution in [0.15, 0.2) is 41.3 Å². The molecule has 0 spiro atoms. The number of thioether (sulfide) groups is 1. The molecule has 0 aromatic heterocycles. The highest BCUT2D eigenvalue weighted by molar-refractivity contribution is 7.98. The molecule has 0 radical (unpaired) electrons. The van der Waals surface area contributed by atoms with Crippen molar-refractivity contribution in [3.8, 4) is 16.9 Å². The molecule has 0 saturated heterocycles. The first kappa shape index (κ1) is 17.3. The smallest absolute Gasteiger partial charge is 0.341 e. The average molecular weight is 335 g/mol. The number of hydrogen-bond acceptors (Lipinski definition) is 4. The molecule has 2 N–H and O–H groups in total. The molecule has 0 amide bonds. The van der Waals surface area contributed by atoms with E-state index in [0.29, 0.717) is 17.2 Å². The Hall–Kier alpha value is -2.05. The van der Waals surface area contributed by atoms with Gasteiger partial charge < -0.3 is 15.2 Å². The second-order valence-corrected chi connectivity index (χ2v) is 5.74. The van der Waals surface area contributed by atoms with Gasteiger partial charge in [0.2, 0.25) is 0 Å². The van der Waals surface area contributed by atoms with Crippen molar-refractivity contribution >= 4 is 17.7 Å². The molecule has 0 atom stereocenters. The summed E-state index contributed by atoms with van der Waals surface area (Å²) in [6.07, 6.45) is 1.81. The Balaban J connectivity index is 2.47. The van der Waals surface area contributed by atoms with Crippen LogP contribution in [0.25, 0.3) is 11.1 Å². The van der Waals surface area contributed by atoms with Gasteiger partial charge in [-0.2, -0.15) is 0 Å². The monoisotopic (exact) mass is 335 g/mol. The normalized spacial score (nSPS) is 10.6. The number of carbonyl (C=O) groups is 1. The number of hydrogen-bond donors (Lipinski definition) is 2. The van der Waals surface area contributed by atoms with Crippen LogP contribution in [-0.2, 0) is 11.3 Å². The van der Waals surface area contributed by atoms with Gasteiger partial charge in [0.05, 0.1) is 0 Å². The third-order valence-electron chi connectivity index (χ3n) is 3.24. The minimum Gasteiger partial charge on any atom is -0.481 e. The topological polar surface area (TPSA) is 58.6 Å². The van der Waals surface area contributed by atoms with Gasteiger partial charge in [0.1, 0.15) is 11.6 Å². The van der Waals surface area contributed by atoms with Gasteiger partial charge in [-0.25, -0.2) is 9.18 Å². The van der Waals surface area contributed by atoms with E-state index in [2.05, 4.69) is 5.32 Å². The third-order valence-corrected chi connectivity index (χ3v) is 3.99. The van der Waals surface area contributed by atoms with E-state index in [1.807, 2.05) is 25.4 Å². The summed E-state index contributed by atoms with van der Waals surface area (Å²) < 4.78 is 19.1. The molecule has 2 rings (SSSR count). The van der Waals surface area contributed by atoms with E-state index in [-0.39, 0.29) is 5.82 Å². The van der Waals surface area contributed by atoms with E-state index in [1.54, 1.807) is 18.2 Å². The number of ether oxygens (including phenoxy) is 1. The molecule has 23 heavy (non-hydrogen) atoms. The van der Waals surface area contributed by atoms with E-state index in [0.717, 1.165) is 16.7 Å². The molecular formula is C17H18FNO3S. The van der Waals surface area contributed by atoms with E-state index in [9.17, 15) is 9.18 Å². The Morgan fingerprint density at radius 1 is 1.30 bits per heavy atom. The second-order valence-electron chi connectivity index (χ2n) is 4.89. The minimum atomic E-state index is -1.04. The van der Waals surface area contributed by atoms with Crippen molar-refractivity contribution in [3.63, 3.8) is 0 Å². The van der Waals surface area contributed by atoms with E-state index >= 15 is 0 Å². The molecular weight excluding hydrogens is 317 g/mol. The fourth-order valence-electron chi connectivity index (χ4n) is 2.21. The number of benzene rings is 2. The Labute approximate surface area is 138 Å². The van der Waals surface area contributed by atoms with Crippen LogP contribution in [0.3, 0.4) is 0 Å². The maximum atomic E-state index is 13.7. The summed E-state index contributed by atoms with van der Waals surface area (Å²) >= 11 is 1.32. The second kappa shape index (κ2) is 7.99. The lowest BCUT2D eigenvalue weighted by molar-refractivity contribution is -0.139. The summed E-state index contributed by atoms with van der Waals surface area (Å²) in [5.74, 6) is -0.856. The number of nitrogens with one attached hydrogen (secondary N) is 1. The fraction of sp³-hybridized carbons (Fsp3) is 0.235. The summed E-state index contributed by atoms with van der Waals surface area (Å²) in [6.45, 7) is 0.248. The van der Waals surface area contributed by atoms with Gasteiger partial charge in [-0.1, -0.05) is 12.1 Å². The maximum Gasteiger partial charge on any atom is 0.341 e. The van der Waals surface area contributed by atoms with Gasteiger partial charge in [-0.05, 0) is 48.7 Å². The lowest BCUT2D eigenvalue weighted by Gasteiger charge is -2.13. The molecule has 2 aromatic rings. The molecule has 0 saturated carbocycles. The van der Waals surface area contributed by atoms with Gasteiger partial charge in [0.25, 0.3) is 0 Å². The minimum absolute atomic E-state index is 0.277. The number of rotatable bonds is 7. The molecule has 6 heteroatoms. The summed E-state index contributed by atoms with van der Waals surface area (Å²) in [7, 11) is 1.85. The highest BCUT2D eigenvalue weighted by atomic mass is 32.2. The van der Waals surface area contributed by atoms with Crippen LogP contribution < -0.4 is 10.1 Å². The van der Waals surface area contributed by atoms with Crippen molar-refractivity contribution in [2.75, 3.05) is 19.9 Å². The summed E-state index contributed by atoms with van der Waals surface area (Å²) in [6, 6.07) is 10.4. The lowest BCUT2D eigenvalue weighted by atomic mass is 10.0. The number of carboxylic acid groups (broad SMARTS) is 1. The van der Waals surface area contributed by atoms with Gasteiger partial charge in [0.15, 0.2) is 6.61 Å². The molecule has 4 nitrogen and oxygen atoms in total. The Bertz CT molecular complexity index is 706. The molecule has 0 unspecified atom stereocenters. The molecule has 0 aliphatic carbocycles. The quantitative estimate of drug-likeness (QED) is 0.760. The van der Waals surface area contributed by atoms with Crippen molar-refractivity contribution in [3.05, 3.63) is 47.8 Å². The standard InChI is InChI=1S/C17H18FNO3S/c1-19-9-11-3-6-15(22-10-17(20)21)13(7-11)12-4-5-14(18)16(8-12)23-2/h3-8,19H,9-10H2,1-2H3,(H,20,21). The van der Waals surface area contributed by atoms with Crippen LogP contribution in [0, 0.1) is 5.82 Å². The Kier molecular flexibility index (Phi) is 6.01. The predicted octanol–water partition coefficient (Wildman–Crippen LogP) is 3.40. The van der Waals surface area contributed by atoms with Crippen LogP contribution in [-0.4, -0.2) is 31.0 Å². The van der Waals surface area contributed by atoms with Crippen LogP contribution in [0.4, 0.5) is 4.39 Å². The number of aliphatic carboxylic acids is 1. The zero-order valence-electron chi connectivity index (χ0n) is 12.9. The number of carboxylic acids is 1. The van der Waals surface area contributed by atoms with E-state index in [4.69, 9.17) is 9.84 Å². The summed E-state index contributed by atoms with van der Waals surface area (Å²) in [5, 5.41) is 11.9. The number of halogens is 1. The zero-order valence-corrected chi connectivity index (χ0v) is 13.7. The zero-order chi connectivity index (χ0) is 16.8. The van der Waals surface area contributed by atoms with E-state index < -0.39 is 12.6 Å². The predicted molar refractivity (Wildman–Crippen MR) is 89.5 cm³/mol. The first-order valence-corrected chi connectivity index (χ1v) is 8.23. The molecule has 0 aliphatic heterocycles. The highest BCUT2D eigenvalue weighted by Crippen LogP contribution is 2.34. The van der Waals surface area contributed by atoms with Crippen molar-refractivity contribution < 1.29 is 19.0 Å². The molecule has 0 fully saturated rings.